The van der Waals surface area contributed by atoms with E-state index >= 15 is 0 Å². The van der Waals surface area contributed by atoms with E-state index in [0.717, 1.165) is 4.47 Å². The highest BCUT2D eigenvalue weighted by molar-refractivity contribution is 9.10. The minimum Gasteiger partial charge on any atom is -0.368 e. The van der Waals surface area contributed by atoms with Gasteiger partial charge < -0.3 is 5.73 Å². The zero-order valence-corrected chi connectivity index (χ0v) is 6.98. The van der Waals surface area contributed by atoms with Gasteiger partial charge in [0.1, 0.15) is 6.33 Å². The van der Waals surface area contributed by atoms with Crippen molar-refractivity contribution < 1.29 is 0 Å². The van der Waals surface area contributed by atoms with Gasteiger partial charge in [-0.1, -0.05) is 0 Å². The molecule has 0 saturated carbocycles. The molecule has 2 aromatic rings. The number of hydrogen-bond acceptors (Lipinski definition) is 4. The van der Waals surface area contributed by atoms with Crippen LogP contribution in [0.3, 0.4) is 0 Å². The van der Waals surface area contributed by atoms with Crippen molar-refractivity contribution in [3.63, 3.8) is 0 Å². The molecule has 56 valence electrons. The normalized spacial score (nSPS) is 10.6. The highest BCUT2D eigenvalue weighted by atomic mass is 79.9. The topological polar surface area (TPSA) is 69.1 Å². The second-order valence-electron chi connectivity index (χ2n) is 1.96. The SMILES string of the molecule is Nc1ncnc2c(Br)cnn12. The Morgan fingerprint density at radius 1 is 1.45 bits per heavy atom. The average Bonchev–Trinajstić information content (AvgIpc) is 2.35. The summed E-state index contributed by atoms with van der Waals surface area (Å²) in [6, 6.07) is 0. The summed E-state index contributed by atoms with van der Waals surface area (Å²) in [6.07, 6.45) is 3.03. The van der Waals surface area contributed by atoms with E-state index < -0.39 is 0 Å². The molecule has 0 amide bonds. The van der Waals surface area contributed by atoms with Crippen molar-refractivity contribution in [2.45, 2.75) is 0 Å². The van der Waals surface area contributed by atoms with Gasteiger partial charge in [0, 0.05) is 0 Å². The molecule has 11 heavy (non-hydrogen) atoms. The molecule has 0 saturated heterocycles. The number of halogens is 1. The Hall–Kier alpha value is -1.17. The van der Waals surface area contributed by atoms with Crippen molar-refractivity contribution >= 4 is 27.5 Å². The Labute approximate surface area is 70.4 Å². The molecule has 0 radical (unpaired) electrons. The summed E-state index contributed by atoms with van der Waals surface area (Å²) in [5, 5.41) is 3.94. The van der Waals surface area contributed by atoms with Crippen LogP contribution in [0.1, 0.15) is 0 Å². The standard InChI is InChI=1S/C5H4BrN5/c6-3-1-10-11-4(3)8-2-9-5(11)7/h1-2H,(H2,7,8,9). The third-order valence-electron chi connectivity index (χ3n) is 1.29. The molecule has 2 aromatic heterocycles. The molecular weight excluding hydrogens is 210 g/mol. The number of nitrogens with two attached hydrogens (primary N) is 1. The number of nitrogens with zero attached hydrogens (tertiary/aromatic N) is 4. The highest BCUT2D eigenvalue weighted by Crippen LogP contribution is 2.14. The molecular formula is C5H4BrN5. The number of aromatic nitrogens is 4. The molecule has 2 rings (SSSR count). The monoisotopic (exact) mass is 213 g/mol. The van der Waals surface area contributed by atoms with Crippen LogP contribution >= 0.6 is 15.9 Å². The van der Waals surface area contributed by atoms with E-state index in [4.69, 9.17) is 5.73 Å². The highest BCUT2D eigenvalue weighted by Gasteiger charge is 2.03. The first-order chi connectivity index (χ1) is 5.29. The second kappa shape index (κ2) is 2.16. The van der Waals surface area contributed by atoms with Crippen LogP contribution in [0, 0.1) is 0 Å². The zero-order valence-electron chi connectivity index (χ0n) is 5.40. The number of nitrogen functional groups attached to an aromatic ring is 1. The molecule has 0 spiro atoms. The largest absolute Gasteiger partial charge is 0.368 e. The lowest BCUT2D eigenvalue weighted by Crippen LogP contribution is -2.01. The fraction of sp³-hybridized carbons (Fsp3) is 0. The van der Waals surface area contributed by atoms with Crippen LogP contribution in [0.4, 0.5) is 5.95 Å². The molecule has 0 unspecified atom stereocenters. The Bertz CT molecular complexity index is 395. The van der Waals surface area contributed by atoms with Gasteiger partial charge in [0.25, 0.3) is 0 Å². The van der Waals surface area contributed by atoms with Crippen LogP contribution < -0.4 is 5.73 Å². The Balaban J connectivity index is 2.94. The third-order valence-corrected chi connectivity index (χ3v) is 1.85. The summed E-state index contributed by atoms with van der Waals surface area (Å²) in [5.74, 6) is 0.334. The molecule has 0 aliphatic carbocycles. The maximum atomic E-state index is 5.50. The third kappa shape index (κ3) is 0.864. The van der Waals surface area contributed by atoms with E-state index in [1.807, 2.05) is 0 Å². The molecule has 0 aliphatic rings. The molecule has 2 heterocycles. The average molecular weight is 214 g/mol. The first-order valence-electron chi connectivity index (χ1n) is 2.89. The van der Waals surface area contributed by atoms with Gasteiger partial charge in [0.05, 0.1) is 10.7 Å². The van der Waals surface area contributed by atoms with E-state index in [1.54, 1.807) is 6.20 Å². The molecule has 0 atom stereocenters. The molecule has 5 nitrogen and oxygen atoms in total. The zero-order chi connectivity index (χ0) is 7.84. The smallest absolute Gasteiger partial charge is 0.224 e. The quantitative estimate of drug-likeness (QED) is 0.691. The molecule has 0 fully saturated rings. The van der Waals surface area contributed by atoms with Gasteiger partial charge in [-0.3, -0.25) is 0 Å². The van der Waals surface area contributed by atoms with E-state index in [-0.39, 0.29) is 0 Å². The van der Waals surface area contributed by atoms with Gasteiger partial charge in [-0.05, 0) is 15.9 Å². The number of hydrogen-bond donors (Lipinski definition) is 1. The summed E-state index contributed by atoms with van der Waals surface area (Å²) >= 11 is 3.27. The Kier molecular flexibility index (Phi) is 1.28. The molecule has 0 bridgehead atoms. The maximum absolute atomic E-state index is 5.50. The predicted octanol–water partition coefficient (Wildman–Crippen LogP) is 0.469. The number of anilines is 1. The first-order valence-corrected chi connectivity index (χ1v) is 3.68. The van der Waals surface area contributed by atoms with Crippen molar-refractivity contribution in [1.82, 2.24) is 19.6 Å². The summed E-state index contributed by atoms with van der Waals surface area (Å²) < 4.78 is 2.27. The van der Waals surface area contributed by atoms with E-state index in [1.165, 1.54) is 10.8 Å². The van der Waals surface area contributed by atoms with E-state index in [2.05, 4.69) is 31.0 Å². The minimum absolute atomic E-state index is 0.334. The maximum Gasteiger partial charge on any atom is 0.224 e. The number of fused-ring (bicyclic) bond motifs is 1. The summed E-state index contributed by atoms with van der Waals surface area (Å²) in [7, 11) is 0. The fourth-order valence-electron chi connectivity index (χ4n) is 0.803. The second-order valence-corrected chi connectivity index (χ2v) is 2.81. The van der Waals surface area contributed by atoms with E-state index in [9.17, 15) is 0 Å². The van der Waals surface area contributed by atoms with Crippen LogP contribution in [-0.4, -0.2) is 19.6 Å². The Morgan fingerprint density at radius 3 is 3.00 bits per heavy atom. The van der Waals surface area contributed by atoms with Crippen molar-refractivity contribution in [1.29, 1.82) is 0 Å². The van der Waals surface area contributed by atoms with Gasteiger partial charge in [0.2, 0.25) is 5.95 Å². The van der Waals surface area contributed by atoms with Crippen molar-refractivity contribution in [2.75, 3.05) is 5.73 Å². The molecule has 0 aromatic carbocycles. The predicted molar refractivity (Wildman–Crippen MR) is 42.9 cm³/mol. The van der Waals surface area contributed by atoms with Crippen molar-refractivity contribution in [3.05, 3.63) is 17.0 Å². The van der Waals surface area contributed by atoms with Crippen molar-refractivity contribution in [2.24, 2.45) is 0 Å². The molecule has 2 N–H and O–H groups in total. The van der Waals surface area contributed by atoms with Gasteiger partial charge in [-0.25, -0.2) is 9.97 Å². The summed E-state index contributed by atoms with van der Waals surface area (Å²) in [4.78, 5) is 7.73. The van der Waals surface area contributed by atoms with Crippen LogP contribution in [-0.2, 0) is 0 Å². The van der Waals surface area contributed by atoms with Crippen LogP contribution in [0.15, 0.2) is 17.0 Å². The summed E-state index contributed by atoms with van der Waals surface area (Å²) in [5.41, 5.74) is 6.18. The van der Waals surface area contributed by atoms with Gasteiger partial charge >= 0.3 is 0 Å². The van der Waals surface area contributed by atoms with Gasteiger partial charge in [-0.2, -0.15) is 9.61 Å². The van der Waals surface area contributed by atoms with Crippen LogP contribution in [0.5, 0.6) is 0 Å². The fourth-order valence-corrected chi connectivity index (χ4v) is 1.17. The van der Waals surface area contributed by atoms with Gasteiger partial charge in [0.15, 0.2) is 5.65 Å². The van der Waals surface area contributed by atoms with Gasteiger partial charge in [-0.15, -0.1) is 0 Å². The van der Waals surface area contributed by atoms with Crippen LogP contribution in [0.25, 0.3) is 5.65 Å². The molecule has 6 heteroatoms. The lowest BCUT2D eigenvalue weighted by Gasteiger charge is -1.93. The van der Waals surface area contributed by atoms with Crippen molar-refractivity contribution in [3.8, 4) is 0 Å². The van der Waals surface area contributed by atoms with E-state index in [0.29, 0.717) is 11.6 Å². The lowest BCUT2D eigenvalue weighted by atomic mass is 10.7. The number of rotatable bonds is 0. The Morgan fingerprint density at radius 2 is 2.27 bits per heavy atom. The van der Waals surface area contributed by atoms with Crippen LogP contribution in [0.2, 0.25) is 0 Å². The minimum atomic E-state index is 0.334. The first kappa shape index (κ1) is 6.53. The summed E-state index contributed by atoms with van der Waals surface area (Å²) in [6.45, 7) is 0. The molecule has 0 aliphatic heterocycles. The lowest BCUT2D eigenvalue weighted by molar-refractivity contribution is 0.909.